The molecule has 0 unspecified atom stereocenters. The number of hydrogen-bond donors (Lipinski definition) is 1. The van der Waals surface area contributed by atoms with Crippen LogP contribution in [0.3, 0.4) is 0 Å². The van der Waals surface area contributed by atoms with Crippen molar-refractivity contribution < 1.29 is 22.1 Å². The maximum Gasteiger partial charge on any atom is 0.171 e. The predicted molar refractivity (Wildman–Crippen MR) is 167 cm³/mol. The van der Waals surface area contributed by atoms with Crippen LogP contribution in [0.5, 0.6) is 0 Å². The van der Waals surface area contributed by atoms with Crippen LogP contribution in [0.4, 0.5) is 0 Å². The van der Waals surface area contributed by atoms with E-state index in [1.165, 1.54) is 165 Å². The first-order valence-electron chi connectivity index (χ1n) is 16.9. The maximum atomic E-state index is 8.81. The summed E-state index contributed by atoms with van der Waals surface area (Å²) in [5.41, 5.74) is 2.89. The van der Waals surface area contributed by atoms with Crippen LogP contribution in [-0.4, -0.2) is 16.7 Å². The highest BCUT2D eigenvalue weighted by Gasteiger charge is 2.03. The van der Waals surface area contributed by atoms with E-state index in [-0.39, 0.29) is 12.4 Å². The van der Waals surface area contributed by atoms with Crippen LogP contribution in [0.15, 0.2) is 49.1 Å². The van der Waals surface area contributed by atoms with E-state index in [2.05, 4.69) is 40.1 Å². The van der Waals surface area contributed by atoms with Crippen molar-refractivity contribution in [3.63, 3.8) is 0 Å². The standard InChI is InChI=1S/C36H61N2O.ClH/c39-32-22-18-14-10-6-2-4-8-12-16-20-26-36-28-24-31-38(34-36)30-21-17-13-9-5-1-3-7-11-15-19-25-35-27-23-29-37-33-35;/h23-24,27-29,31,33-34,39H,1-22,25-26,30,32H2;1H/q+1;/p-1. The Bertz CT molecular complexity index is 785. The number of unbranched alkanes of at least 4 members (excludes halogenated alkanes) is 20. The number of halogens is 1. The normalized spacial score (nSPS) is 11.0. The number of aryl methyl sites for hydroxylation is 3. The monoisotopic (exact) mass is 572 g/mol. The fraction of sp³-hybridized carbons (Fsp3) is 0.722. The SMILES string of the molecule is OCCCCCCCCCCCCCc1ccc[n+](CCCCCCCCCCCCCc2cccnc2)c1.[Cl-]. The number of aliphatic hydroxyl groups is 1. The van der Waals surface area contributed by atoms with Crippen molar-refractivity contribution in [2.75, 3.05) is 6.61 Å². The van der Waals surface area contributed by atoms with Crippen LogP contribution in [-0.2, 0) is 19.4 Å². The third-order valence-electron chi connectivity index (χ3n) is 8.15. The molecule has 0 fully saturated rings. The summed E-state index contributed by atoms with van der Waals surface area (Å²) in [5, 5.41) is 8.81. The molecule has 2 aromatic heterocycles. The second-order valence-electron chi connectivity index (χ2n) is 11.8. The van der Waals surface area contributed by atoms with Crippen molar-refractivity contribution in [2.45, 2.75) is 161 Å². The van der Waals surface area contributed by atoms with Crippen LogP contribution >= 0.6 is 0 Å². The van der Waals surface area contributed by atoms with Gasteiger partial charge in [-0.2, -0.15) is 0 Å². The van der Waals surface area contributed by atoms with Crippen molar-refractivity contribution in [3.05, 3.63) is 60.2 Å². The molecule has 0 radical (unpaired) electrons. The van der Waals surface area contributed by atoms with E-state index in [1.807, 2.05) is 18.5 Å². The van der Waals surface area contributed by atoms with Gasteiger partial charge in [0.1, 0.15) is 6.54 Å². The van der Waals surface area contributed by atoms with E-state index in [0.29, 0.717) is 6.61 Å². The summed E-state index contributed by atoms with van der Waals surface area (Å²) in [4.78, 5) is 4.20. The maximum absolute atomic E-state index is 8.81. The molecule has 2 rings (SSSR count). The van der Waals surface area contributed by atoms with Crippen LogP contribution < -0.4 is 17.0 Å². The number of hydrogen-bond acceptors (Lipinski definition) is 2. The van der Waals surface area contributed by atoms with Crippen LogP contribution in [0.25, 0.3) is 0 Å². The Balaban J connectivity index is 0.00000800. The van der Waals surface area contributed by atoms with Gasteiger partial charge in [-0.15, -0.1) is 0 Å². The van der Waals surface area contributed by atoms with Gasteiger partial charge in [0.2, 0.25) is 0 Å². The van der Waals surface area contributed by atoms with E-state index < -0.39 is 0 Å². The predicted octanol–water partition coefficient (Wildman–Crippen LogP) is 6.73. The fourth-order valence-electron chi connectivity index (χ4n) is 5.66. The molecule has 3 nitrogen and oxygen atoms in total. The van der Waals surface area contributed by atoms with Gasteiger partial charge in [0.15, 0.2) is 12.4 Å². The summed E-state index contributed by atoms with van der Waals surface area (Å²) in [7, 11) is 0. The molecule has 0 bridgehead atoms. The van der Waals surface area contributed by atoms with E-state index in [4.69, 9.17) is 5.11 Å². The Morgan fingerprint density at radius 3 is 1.48 bits per heavy atom. The molecule has 0 aromatic carbocycles. The van der Waals surface area contributed by atoms with E-state index in [0.717, 1.165) is 6.42 Å². The molecule has 2 aromatic rings. The molecule has 1 N–H and O–H groups in total. The molecular formula is C36H61ClN2O. The van der Waals surface area contributed by atoms with E-state index >= 15 is 0 Å². The van der Waals surface area contributed by atoms with Gasteiger partial charge < -0.3 is 17.5 Å². The number of rotatable bonds is 27. The van der Waals surface area contributed by atoms with Crippen molar-refractivity contribution in [3.8, 4) is 0 Å². The van der Waals surface area contributed by atoms with E-state index in [1.54, 1.807) is 0 Å². The zero-order chi connectivity index (χ0) is 27.5. The molecule has 0 aliphatic carbocycles. The Kier molecular flexibility index (Phi) is 25.3. The molecule has 0 saturated carbocycles. The summed E-state index contributed by atoms with van der Waals surface area (Å²) >= 11 is 0. The highest BCUT2D eigenvalue weighted by atomic mass is 35.5. The van der Waals surface area contributed by atoms with Crippen LogP contribution in [0, 0.1) is 0 Å². The van der Waals surface area contributed by atoms with Gasteiger partial charge in [-0.05, 0) is 56.2 Å². The zero-order valence-electron chi connectivity index (χ0n) is 25.7. The summed E-state index contributed by atoms with van der Waals surface area (Å²) in [6, 6.07) is 8.80. The minimum atomic E-state index is 0. The molecule has 0 aliphatic rings. The van der Waals surface area contributed by atoms with Gasteiger partial charge in [0, 0.05) is 37.1 Å². The number of aromatic nitrogens is 2. The Morgan fingerprint density at radius 2 is 0.975 bits per heavy atom. The lowest BCUT2D eigenvalue weighted by atomic mass is 10.0. The van der Waals surface area contributed by atoms with Crippen molar-refractivity contribution in [2.24, 2.45) is 0 Å². The van der Waals surface area contributed by atoms with Crippen molar-refractivity contribution in [1.82, 2.24) is 4.98 Å². The Hall–Kier alpha value is -1.45. The first kappa shape index (κ1) is 36.6. The average Bonchev–Trinajstić information content (AvgIpc) is 2.97. The average molecular weight is 573 g/mol. The Morgan fingerprint density at radius 1 is 0.525 bits per heavy atom. The molecule has 0 saturated heterocycles. The lowest BCUT2D eigenvalue weighted by Crippen LogP contribution is -3.00. The molecule has 40 heavy (non-hydrogen) atoms. The largest absolute Gasteiger partial charge is 1.00 e. The fourth-order valence-corrected chi connectivity index (χ4v) is 5.66. The highest BCUT2D eigenvalue weighted by molar-refractivity contribution is 5.08. The minimum Gasteiger partial charge on any atom is -1.00 e. The topological polar surface area (TPSA) is 37.0 Å². The van der Waals surface area contributed by atoms with Gasteiger partial charge >= 0.3 is 0 Å². The van der Waals surface area contributed by atoms with E-state index in [9.17, 15) is 0 Å². The first-order valence-corrected chi connectivity index (χ1v) is 16.9. The molecule has 2 heterocycles. The molecule has 0 aliphatic heterocycles. The van der Waals surface area contributed by atoms with Crippen LogP contribution in [0.1, 0.15) is 152 Å². The van der Waals surface area contributed by atoms with Crippen molar-refractivity contribution in [1.29, 1.82) is 0 Å². The summed E-state index contributed by atoms with van der Waals surface area (Å²) in [6.07, 6.45) is 40.7. The summed E-state index contributed by atoms with van der Waals surface area (Å²) < 4.78 is 2.42. The van der Waals surface area contributed by atoms with Gasteiger partial charge in [0.25, 0.3) is 0 Å². The van der Waals surface area contributed by atoms with Gasteiger partial charge in [-0.3, -0.25) is 4.98 Å². The second-order valence-corrected chi connectivity index (χ2v) is 11.8. The zero-order valence-corrected chi connectivity index (χ0v) is 26.5. The third kappa shape index (κ3) is 21.3. The lowest BCUT2D eigenvalue weighted by Gasteiger charge is -2.04. The molecule has 4 heteroatoms. The smallest absolute Gasteiger partial charge is 0.171 e. The van der Waals surface area contributed by atoms with Crippen molar-refractivity contribution >= 4 is 0 Å². The quantitative estimate of drug-likeness (QED) is 0.0951. The van der Waals surface area contributed by atoms with Gasteiger partial charge in [-0.25, -0.2) is 4.57 Å². The number of nitrogens with zero attached hydrogens (tertiary/aromatic N) is 2. The van der Waals surface area contributed by atoms with Gasteiger partial charge in [-0.1, -0.05) is 115 Å². The van der Waals surface area contributed by atoms with Crippen LogP contribution in [0.2, 0.25) is 0 Å². The third-order valence-corrected chi connectivity index (χ3v) is 8.15. The molecular weight excluding hydrogens is 512 g/mol. The molecule has 0 amide bonds. The lowest BCUT2D eigenvalue weighted by molar-refractivity contribution is -0.697. The number of aliphatic hydroxyl groups excluding tert-OH is 1. The highest BCUT2D eigenvalue weighted by Crippen LogP contribution is 2.14. The van der Waals surface area contributed by atoms with Gasteiger partial charge in [0.05, 0.1) is 0 Å². The summed E-state index contributed by atoms with van der Waals surface area (Å²) in [5.74, 6) is 0. The first-order chi connectivity index (χ1) is 19.4. The minimum absolute atomic E-state index is 0. The Labute approximate surface area is 254 Å². The number of pyridine rings is 2. The molecule has 0 atom stereocenters. The second kappa shape index (κ2) is 27.7. The molecule has 0 spiro atoms. The summed E-state index contributed by atoms with van der Waals surface area (Å²) in [6.45, 7) is 1.53. The molecule has 228 valence electrons.